The van der Waals surface area contributed by atoms with Gasteiger partial charge in [0, 0.05) is 5.38 Å². The third-order valence-corrected chi connectivity index (χ3v) is 3.94. The first-order valence-corrected chi connectivity index (χ1v) is 7.49. The molecular formula is C15H16N2O2S. The number of nitrogens with zero attached hydrogens (tertiary/aromatic N) is 2. The Labute approximate surface area is 121 Å². The average Bonchev–Trinajstić information content (AvgIpc) is 3.07. The van der Waals surface area contributed by atoms with Gasteiger partial charge in [-0.2, -0.15) is 0 Å². The number of aliphatic hydroxyl groups is 1. The van der Waals surface area contributed by atoms with Gasteiger partial charge in [-0.05, 0) is 36.2 Å². The Bertz CT molecular complexity index is 700. The number of aromatic nitrogens is 2. The number of aliphatic hydroxyl groups excluding tert-OH is 1. The second-order valence-corrected chi connectivity index (χ2v) is 5.36. The molecule has 0 aliphatic heterocycles. The van der Waals surface area contributed by atoms with Crippen LogP contribution in [0.5, 0.6) is 5.75 Å². The Kier molecular flexibility index (Phi) is 3.71. The maximum atomic E-state index is 9.38. The van der Waals surface area contributed by atoms with Gasteiger partial charge >= 0.3 is 0 Å². The summed E-state index contributed by atoms with van der Waals surface area (Å²) >= 11 is 1.57. The van der Waals surface area contributed by atoms with Gasteiger partial charge in [0.2, 0.25) is 0 Å². The van der Waals surface area contributed by atoms with Crippen LogP contribution >= 0.6 is 11.3 Å². The van der Waals surface area contributed by atoms with Crippen LogP contribution in [-0.2, 0) is 6.61 Å². The number of fused-ring (bicyclic) bond motifs is 1. The predicted octanol–water partition coefficient (Wildman–Crippen LogP) is 3.34. The fourth-order valence-corrected chi connectivity index (χ4v) is 3.01. The lowest BCUT2D eigenvalue weighted by Gasteiger charge is -2.06. The lowest BCUT2D eigenvalue weighted by Crippen LogP contribution is -1.95. The minimum Gasteiger partial charge on any atom is -0.494 e. The van der Waals surface area contributed by atoms with Crippen LogP contribution in [0.4, 0.5) is 0 Å². The minimum absolute atomic E-state index is 0.0113. The minimum atomic E-state index is -0.0113. The van der Waals surface area contributed by atoms with Crippen molar-refractivity contribution in [2.75, 3.05) is 6.61 Å². The predicted molar refractivity (Wildman–Crippen MR) is 80.2 cm³/mol. The van der Waals surface area contributed by atoms with Gasteiger partial charge in [-0.1, -0.05) is 6.92 Å². The summed E-state index contributed by atoms with van der Waals surface area (Å²) in [6, 6.07) is 8.02. The summed E-state index contributed by atoms with van der Waals surface area (Å²) in [4.78, 5) is 5.19. The van der Waals surface area contributed by atoms with Crippen molar-refractivity contribution < 1.29 is 9.84 Å². The van der Waals surface area contributed by atoms with E-state index in [1.807, 2.05) is 28.7 Å². The van der Waals surface area contributed by atoms with Crippen LogP contribution in [0.1, 0.15) is 19.0 Å². The zero-order chi connectivity index (χ0) is 13.9. The van der Waals surface area contributed by atoms with Crippen LogP contribution in [-0.4, -0.2) is 21.1 Å². The molecule has 0 aliphatic rings. The van der Waals surface area contributed by atoms with Crippen molar-refractivity contribution in [2.24, 2.45) is 0 Å². The maximum absolute atomic E-state index is 9.38. The molecular weight excluding hydrogens is 272 g/mol. The van der Waals surface area contributed by atoms with Crippen LogP contribution in [0.25, 0.3) is 16.2 Å². The molecule has 0 atom stereocenters. The van der Waals surface area contributed by atoms with E-state index in [2.05, 4.69) is 17.3 Å². The van der Waals surface area contributed by atoms with Crippen molar-refractivity contribution in [3.05, 3.63) is 41.5 Å². The molecule has 0 radical (unpaired) electrons. The number of ether oxygens (including phenoxy) is 1. The molecule has 4 nitrogen and oxygen atoms in total. The summed E-state index contributed by atoms with van der Waals surface area (Å²) in [6.07, 6.45) is 2.72. The molecule has 0 saturated heterocycles. The lowest BCUT2D eigenvalue weighted by atomic mass is 10.1. The lowest BCUT2D eigenvalue weighted by molar-refractivity contribution is 0.276. The Hall–Kier alpha value is -1.85. The molecule has 2 aromatic heterocycles. The summed E-state index contributed by atoms with van der Waals surface area (Å²) < 4.78 is 7.58. The van der Waals surface area contributed by atoms with Crippen LogP contribution in [0.2, 0.25) is 0 Å². The molecule has 104 valence electrons. The van der Waals surface area contributed by atoms with Crippen molar-refractivity contribution in [3.63, 3.8) is 0 Å². The first-order chi connectivity index (χ1) is 9.83. The quantitative estimate of drug-likeness (QED) is 0.783. The number of rotatable bonds is 5. The van der Waals surface area contributed by atoms with Crippen molar-refractivity contribution in [1.29, 1.82) is 0 Å². The highest BCUT2D eigenvalue weighted by molar-refractivity contribution is 7.15. The van der Waals surface area contributed by atoms with E-state index in [4.69, 9.17) is 4.74 Å². The Morgan fingerprint density at radius 2 is 2.10 bits per heavy atom. The van der Waals surface area contributed by atoms with Crippen LogP contribution < -0.4 is 4.74 Å². The molecule has 0 bridgehead atoms. The Morgan fingerprint density at radius 1 is 1.30 bits per heavy atom. The van der Waals surface area contributed by atoms with Gasteiger partial charge in [-0.25, -0.2) is 4.98 Å². The average molecular weight is 288 g/mol. The standard InChI is InChI=1S/C15H16N2O2S/c1-2-7-19-13-5-3-11(4-6-13)14-10-20-15-16-8-12(9-18)17(14)15/h3-6,8,10,18H,2,7,9H2,1H3. The van der Waals surface area contributed by atoms with E-state index in [1.165, 1.54) is 0 Å². The summed E-state index contributed by atoms with van der Waals surface area (Å²) in [5.74, 6) is 0.884. The molecule has 0 spiro atoms. The second-order valence-electron chi connectivity index (χ2n) is 4.52. The summed E-state index contributed by atoms with van der Waals surface area (Å²) in [5.41, 5.74) is 2.95. The molecule has 1 aromatic carbocycles. The van der Waals surface area contributed by atoms with E-state index in [0.29, 0.717) is 0 Å². The number of benzene rings is 1. The molecule has 5 heteroatoms. The third kappa shape index (κ3) is 2.30. The highest BCUT2D eigenvalue weighted by Gasteiger charge is 2.11. The smallest absolute Gasteiger partial charge is 0.194 e. The van der Waals surface area contributed by atoms with Gasteiger partial charge in [0.05, 0.1) is 30.8 Å². The van der Waals surface area contributed by atoms with E-state index in [0.717, 1.165) is 40.7 Å². The van der Waals surface area contributed by atoms with Crippen LogP contribution in [0.15, 0.2) is 35.8 Å². The highest BCUT2D eigenvalue weighted by atomic mass is 32.1. The van der Waals surface area contributed by atoms with Gasteiger partial charge in [-0.15, -0.1) is 11.3 Å². The number of thiazole rings is 1. The van der Waals surface area contributed by atoms with E-state index >= 15 is 0 Å². The highest BCUT2D eigenvalue weighted by Crippen LogP contribution is 2.28. The fourth-order valence-electron chi connectivity index (χ4n) is 2.12. The molecule has 1 N–H and O–H groups in total. The van der Waals surface area contributed by atoms with Gasteiger partial charge in [-0.3, -0.25) is 4.40 Å². The fraction of sp³-hybridized carbons (Fsp3) is 0.267. The van der Waals surface area contributed by atoms with Crippen molar-refractivity contribution in [2.45, 2.75) is 20.0 Å². The normalized spacial score (nSPS) is 11.1. The van der Waals surface area contributed by atoms with Gasteiger partial charge in [0.1, 0.15) is 5.75 Å². The Morgan fingerprint density at radius 3 is 2.80 bits per heavy atom. The van der Waals surface area contributed by atoms with Gasteiger partial charge < -0.3 is 9.84 Å². The first kappa shape index (κ1) is 13.1. The molecule has 20 heavy (non-hydrogen) atoms. The van der Waals surface area contributed by atoms with Gasteiger partial charge in [0.25, 0.3) is 0 Å². The van der Waals surface area contributed by atoms with E-state index in [-0.39, 0.29) is 6.61 Å². The molecule has 2 heterocycles. The third-order valence-electron chi connectivity index (χ3n) is 3.10. The molecule has 0 saturated carbocycles. The first-order valence-electron chi connectivity index (χ1n) is 6.61. The zero-order valence-electron chi connectivity index (χ0n) is 11.2. The van der Waals surface area contributed by atoms with Crippen LogP contribution in [0, 0.1) is 0 Å². The van der Waals surface area contributed by atoms with Crippen molar-refractivity contribution in [1.82, 2.24) is 9.38 Å². The summed E-state index contributed by atoms with van der Waals surface area (Å²) in [7, 11) is 0. The second kappa shape index (κ2) is 5.64. The number of hydrogen-bond donors (Lipinski definition) is 1. The van der Waals surface area contributed by atoms with Crippen LogP contribution in [0.3, 0.4) is 0 Å². The molecule has 0 aliphatic carbocycles. The molecule has 3 aromatic rings. The Balaban J connectivity index is 1.96. The SMILES string of the molecule is CCCOc1ccc(-c2csc3ncc(CO)n23)cc1. The molecule has 3 rings (SSSR count). The zero-order valence-corrected chi connectivity index (χ0v) is 12.1. The largest absolute Gasteiger partial charge is 0.494 e. The van der Waals surface area contributed by atoms with Crippen molar-refractivity contribution in [3.8, 4) is 17.0 Å². The molecule has 0 unspecified atom stereocenters. The topological polar surface area (TPSA) is 46.8 Å². The van der Waals surface area contributed by atoms with Crippen molar-refractivity contribution >= 4 is 16.3 Å². The molecule has 0 fully saturated rings. The maximum Gasteiger partial charge on any atom is 0.194 e. The number of hydrogen-bond acceptors (Lipinski definition) is 4. The van der Waals surface area contributed by atoms with Gasteiger partial charge in [0.15, 0.2) is 4.96 Å². The number of imidazole rings is 1. The summed E-state index contributed by atoms with van der Waals surface area (Å²) in [6.45, 7) is 2.81. The van der Waals surface area contributed by atoms with E-state index in [1.54, 1.807) is 17.5 Å². The molecule has 0 amide bonds. The van der Waals surface area contributed by atoms with E-state index < -0.39 is 0 Å². The van der Waals surface area contributed by atoms with E-state index in [9.17, 15) is 5.11 Å². The summed E-state index contributed by atoms with van der Waals surface area (Å²) in [5, 5.41) is 11.4. The monoisotopic (exact) mass is 288 g/mol.